The smallest absolute Gasteiger partial charge is 0.274 e. The molecule has 0 atom stereocenters. The second-order valence-corrected chi connectivity index (χ2v) is 10.1. The van der Waals surface area contributed by atoms with Crippen molar-refractivity contribution in [1.29, 1.82) is 0 Å². The molecule has 0 N–H and O–H groups in total. The predicted molar refractivity (Wildman–Crippen MR) is 67.4 cm³/mol. The molecule has 1 fully saturated rings. The highest BCUT2D eigenvalue weighted by atomic mass is 28.4. The molecule has 0 amide bonds. The van der Waals surface area contributed by atoms with Gasteiger partial charge in [-0.05, 0) is 23.5 Å². The van der Waals surface area contributed by atoms with Crippen molar-refractivity contribution in [2.24, 2.45) is 5.92 Å². The fourth-order valence-corrected chi connectivity index (χ4v) is 7.37. The molecule has 0 aromatic carbocycles. The van der Waals surface area contributed by atoms with Crippen LogP contribution in [-0.2, 0) is 4.34 Å². The van der Waals surface area contributed by atoms with Crippen molar-refractivity contribution in [3.05, 3.63) is 0 Å². The van der Waals surface area contributed by atoms with E-state index in [-0.39, 0.29) is 0 Å². The Kier molecular flexibility index (Phi) is 4.26. The second-order valence-electron chi connectivity index (χ2n) is 5.57. The minimum atomic E-state index is -1.36. The molecule has 0 aromatic heterocycles. The summed E-state index contributed by atoms with van der Waals surface area (Å²) in [6.45, 7) is 11.9. The molecule has 1 heterocycles. The van der Waals surface area contributed by atoms with Gasteiger partial charge >= 0.3 is 0 Å². The van der Waals surface area contributed by atoms with Gasteiger partial charge in [0.15, 0.2) is 8.32 Å². The molecule has 0 aromatic rings. The van der Waals surface area contributed by atoms with Crippen LogP contribution in [0.2, 0.25) is 31.3 Å². The average Bonchev–Trinajstić information content (AvgIpc) is 2.08. The fraction of sp³-hybridized carbons (Fsp3) is 1.00. The molecule has 0 radical (unpaired) electrons. The predicted octanol–water partition coefficient (Wildman–Crippen LogP) is 4.04. The lowest BCUT2D eigenvalue weighted by atomic mass is 9.76. The Morgan fingerprint density at radius 2 is 1.71 bits per heavy atom. The summed E-state index contributed by atoms with van der Waals surface area (Å²) in [7, 11) is -1.36. The van der Waals surface area contributed by atoms with Gasteiger partial charge in [-0.2, -0.15) is 0 Å². The third-order valence-corrected chi connectivity index (χ3v) is 8.96. The molecule has 1 rings (SSSR count). The van der Waals surface area contributed by atoms with E-state index in [1.807, 2.05) is 0 Å². The van der Waals surface area contributed by atoms with Crippen molar-refractivity contribution in [1.82, 2.24) is 0 Å². The summed E-state index contributed by atoms with van der Waals surface area (Å²) in [6, 6.07) is 2.79. The summed E-state index contributed by atoms with van der Waals surface area (Å²) in [5.41, 5.74) is 0.789. The minimum Gasteiger partial charge on any atom is -0.476 e. The van der Waals surface area contributed by atoms with Gasteiger partial charge in [-0.25, -0.2) is 0 Å². The first-order valence-corrected chi connectivity index (χ1v) is 8.54. The molecule has 0 spiro atoms. The van der Waals surface area contributed by atoms with Gasteiger partial charge in [-0.3, -0.25) is 0 Å². The molecule has 0 aliphatic carbocycles. The zero-order chi connectivity index (χ0) is 10.8. The molecule has 0 unspecified atom stereocenters. The van der Waals surface area contributed by atoms with E-state index >= 15 is 0 Å². The van der Waals surface area contributed by atoms with Crippen LogP contribution in [-0.4, -0.2) is 15.2 Å². The van der Waals surface area contributed by atoms with Gasteiger partial charge < -0.3 is 4.34 Å². The van der Waals surface area contributed by atoms with E-state index in [2.05, 4.69) is 34.4 Å². The highest BCUT2D eigenvalue weighted by Gasteiger charge is 2.41. The van der Waals surface area contributed by atoms with Crippen LogP contribution in [0.1, 0.15) is 33.6 Å². The molecule has 82 valence electrons. The lowest BCUT2D eigenvalue weighted by molar-refractivity contribution is 0.437. The molecule has 1 saturated heterocycles. The monoisotopic (exact) mass is 212 g/mol. The first-order chi connectivity index (χ1) is 6.46. The van der Waals surface area contributed by atoms with E-state index in [4.69, 9.17) is 4.34 Å². The van der Waals surface area contributed by atoms with Crippen LogP contribution in [0.15, 0.2) is 0 Å². The van der Waals surface area contributed by atoms with Crippen LogP contribution in [0.5, 0.6) is 0 Å². The summed E-state index contributed by atoms with van der Waals surface area (Å²) in [5.74, 6) is 0.935. The maximum absolute atomic E-state index is 6.33. The van der Waals surface area contributed by atoms with E-state index < -0.39 is 8.32 Å². The lowest BCUT2D eigenvalue weighted by Crippen LogP contribution is -2.47. The Morgan fingerprint density at radius 3 is 2.07 bits per heavy atom. The second kappa shape index (κ2) is 4.84. The number of rotatable bonds is 3. The van der Waals surface area contributed by atoms with Crippen LogP contribution in [0, 0.1) is 5.92 Å². The average molecular weight is 212 g/mol. The zero-order valence-corrected chi connectivity index (χ0v) is 11.5. The van der Waals surface area contributed by atoms with Gasteiger partial charge in [0.05, 0.1) is 0 Å². The van der Waals surface area contributed by atoms with Gasteiger partial charge in [0.25, 0.3) is 6.92 Å². The number of hydrogen-bond donors (Lipinski definition) is 0. The van der Waals surface area contributed by atoms with Crippen LogP contribution in [0.4, 0.5) is 0 Å². The molecular formula is C11H25BOSi. The Labute approximate surface area is 90.9 Å². The topological polar surface area (TPSA) is 9.23 Å². The minimum absolute atomic E-state index is 0.428. The summed E-state index contributed by atoms with van der Waals surface area (Å²) < 4.78 is 6.33. The highest BCUT2D eigenvalue weighted by molar-refractivity contribution is 6.81. The zero-order valence-electron chi connectivity index (χ0n) is 10.5. The standard InChI is InChI=1S/C11H25BOSi/c1-10(2)14(13-12(4)5)8-6-11(3)7-9-14/h10-11H,6-9H2,1-5H3. The van der Waals surface area contributed by atoms with E-state index in [9.17, 15) is 0 Å². The summed E-state index contributed by atoms with van der Waals surface area (Å²) in [6.07, 6.45) is 2.80. The van der Waals surface area contributed by atoms with Crippen molar-refractivity contribution in [3.8, 4) is 0 Å². The maximum Gasteiger partial charge on any atom is 0.274 e. The maximum atomic E-state index is 6.33. The molecule has 1 nitrogen and oxygen atoms in total. The van der Waals surface area contributed by atoms with Crippen molar-refractivity contribution >= 4 is 15.2 Å². The Hall–Kier alpha value is 0.242. The fourth-order valence-electron chi connectivity index (χ4n) is 2.55. The van der Waals surface area contributed by atoms with Gasteiger partial charge in [0.2, 0.25) is 0 Å². The normalized spacial score (nSPS) is 33.4. The molecule has 0 bridgehead atoms. The summed E-state index contributed by atoms with van der Waals surface area (Å²) in [4.78, 5) is 0. The highest BCUT2D eigenvalue weighted by Crippen LogP contribution is 2.40. The molecule has 0 saturated carbocycles. The SMILES string of the molecule is CB(C)O[Si]1(C(C)C)CCC(C)CC1. The Morgan fingerprint density at radius 1 is 1.21 bits per heavy atom. The first kappa shape index (κ1) is 12.3. The van der Waals surface area contributed by atoms with Crippen LogP contribution < -0.4 is 0 Å². The lowest BCUT2D eigenvalue weighted by Gasteiger charge is -2.41. The third-order valence-electron chi connectivity index (χ3n) is 3.64. The Balaban J connectivity index is 2.63. The van der Waals surface area contributed by atoms with Crippen molar-refractivity contribution in [3.63, 3.8) is 0 Å². The van der Waals surface area contributed by atoms with E-state index in [1.165, 1.54) is 24.9 Å². The summed E-state index contributed by atoms with van der Waals surface area (Å²) in [5, 5.41) is 0. The van der Waals surface area contributed by atoms with Crippen LogP contribution in [0.3, 0.4) is 0 Å². The van der Waals surface area contributed by atoms with Gasteiger partial charge in [-0.1, -0.05) is 47.3 Å². The molecule has 1 aliphatic rings. The van der Waals surface area contributed by atoms with E-state index in [1.54, 1.807) is 0 Å². The van der Waals surface area contributed by atoms with Gasteiger partial charge in [0, 0.05) is 0 Å². The molecule has 3 heteroatoms. The van der Waals surface area contributed by atoms with Crippen LogP contribution in [0.25, 0.3) is 0 Å². The van der Waals surface area contributed by atoms with Crippen molar-refractivity contribution in [2.45, 2.75) is 64.9 Å². The largest absolute Gasteiger partial charge is 0.476 e. The first-order valence-electron chi connectivity index (χ1n) is 6.14. The third kappa shape index (κ3) is 2.86. The summed E-state index contributed by atoms with van der Waals surface area (Å²) >= 11 is 0. The van der Waals surface area contributed by atoms with E-state index in [0.717, 1.165) is 11.5 Å². The van der Waals surface area contributed by atoms with Crippen molar-refractivity contribution in [2.75, 3.05) is 0 Å². The quantitative estimate of drug-likeness (QED) is 0.641. The van der Waals surface area contributed by atoms with Gasteiger partial charge in [-0.15, -0.1) is 0 Å². The molecule has 14 heavy (non-hydrogen) atoms. The number of hydrogen-bond acceptors (Lipinski definition) is 1. The van der Waals surface area contributed by atoms with E-state index in [0.29, 0.717) is 6.92 Å². The Bertz CT molecular complexity index is 174. The van der Waals surface area contributed by atoms with Gasteiger partial charge in [0.1, 0.15) is 0 Å². The van der Waals surface area contributed by atoms with Crippen molar-refractivity contribution < 1.29 is 4.34 Å². The molecule has 1 aliphatic heterocycles. The van der Waals surface area contributed by atoms with Crippen LogP contribution >= 0.6 is 0 Å². The molecular weight excluding hydrogens is 187 g/mol.